The van der Waals surface area contributed by atoms with E-state index in [0.717, 1.165) is 5.69 Å². The summed E-state index contributed by atoms with van der Waals surface area (Å²) >= 11 is 0. The van der Waals surface area contributed by atoms with Crippen LogP contribution in [0.3, 0.4) is 0 Å². The lowest BCUT2D eigenvalue weighted by Crippen LogP contribution is -2.04. The Morgan fingerprint density at radius 3 is 2.07 bits per heavy atom. The summed E-state index contributed by atoms with van der Waals surface area (Å²) in [5, 5.41) is 17.2. The minimum absolute atomic E-state index is 0.0359. The van der Waals surface area contributed by atoms with Crippen LogP contribution in [0.5, 0.6) is 0 Å². The largest absolute Gasteiger partial charge is 0.326 e. The molecule has 0 saturated heterocycles. The van der Waals surface area contributed by atoms with E-state index < -0.39 is 0 Å². The fourth-order valence-corrected chi connectivity index (χ4v) is 0.725. The number of rotatable bonds is 1. The Morgan fingerprint density at radius 2 is 1.71 bits per heavy atom. The van der Waals surface area contributed by atoms with Crippen LogP contribution in [0.2, 0.25) is 0 Å². The molecule has 0 aliphatic rings. The highest BCUT2D eigenvalue weighted by molar-refractivity contribution is 5.88. The normalized spacial score (nSPS) is 7.07. The number of benzene rings is 1. The van der Waals surface area contributed by atoms with Gasteiger partial charge in [-0.05, 0) is 12.1 Å². The lowest BCUT2D eigenvalue weighted by Gasteiger charge is -1.98. The highest BCUT2D eigenvalue weighted by Crippen LogP contribution is 2.03. The quantitative estimate of drug-likeness (QED) is 0.726. The van der Waals surface area contributed by atoms with Crippen LogP contribution in [-0.4, -0.2) is 5.91 Å². The number of para-hydroxylation sites is 1. The van der Waals surface area contributed by atoms with Gasteiger partial charge in [-0.25, -0.2) is 0 Å². The second-order valence-corrected chi connectivity index (χ2v) is 2.27. The monoisotopic (exact) mass is 187 g/mol. The van der Waals surface area contributed by atoms with Crippen LogP contribution < -0.4 is 5.32 Å². The van der Waals surface area contributed by atoms with Crippen LogP contribution in [0.15, 0.2) is 30.3 Å². The van der Waals surface area contributed by atoms with Crippen molar-refractivity contribution >= 4 is 11.6 Å². The van der Waals surface area contributed by atoms with Crippen molar-refractivity contribution in [2.75, 3.05) is 5.32 Å². The number of carbonyl (C=O) groups excluding carboxylic acids is 1. The number of hydrogen-bond acceptors (Lipinski definition) is 3. The Morgan fingerprint density at radius 1 is 1.21 bits per heavy atom. The Bertz CT molecular complexity index is 347. The maximum atomic E-state index is 10.5. The fourth-order valence-electron chi connectivity index (χ4n) is 0.725. The van der Waals surface area contributed by atoms with Crippen LogP contribution in [0, 0.1) is 22.7 Å². The van der Waals surface area contributed by atoms with Gasteiger partial charge in [-0.3, -0.25) is 4.79 Å². The smallest absolute Gasteiger partial charge is 0.221 e. The molecule has 0 unspecified atom stereocenters. The molecule has 14 heavy (non-hydrogen) atoms. The molecule has 4 heteroatoms. The van der Waals surface area contributed by atoms with Crippen molar-refractivity contribution in [1.82, 2.24) is 0 Å². The van der Waals surface area contributed by atoms with Crippen molar-refractivity contribution in [1.29, 1.82) is 10.5 Å². The van der Waals surface area contributed by atoms with Gasteiger partial charge in [0.1, 0.15) is 0 Å². The first-order chi connectivity index (χ1) is 6.70. The van der Waals surface area contributed by atoms with Crippen LogP contribution in [0.25, 0.3) is 0 Å². The molecule has 4 nitrogen and oxygen atoms in total. The average molecular weight is 187 g/mol. The molecule has 0 saturated carbocycles. The third-order valence-corrected chi connectivity index (χ3v) is 1.14. The number of amides is 1. The van der Waals surface area contributed by atoms with Crippen molar-refractivity contribution in [3.05, 3.63) is 30.3 Å². The summed E-state index contributed by atoms with van der Waals surface area (Å²) in [6, 6.07) is 11.8. The molecule has 1 amide bonds. The van der Waals surface area contributed by atoms with Crippen molar-refractivity contribution in [3.8, 4) is 12.1 Å². The molecule has 1 aromatic rings. The summed E-state index contributed by atoms with van der Waals surface area (Å²) in [5.74, 6) is -0.0359. The van der Waals surface area contributed by atoms with Gasteiger partial charge in [-0.15, -0.1) is 0 Å². The van der Waals surface area contributed by atoms with Crippen LogP contribution in [-0.2, 0) is 4.79 Å². The zero-order valence-electron chi connectivity index (χ0n) is 7.69. The minimum atomic E-state index is -0.0359. The summed E-state index contributed by atoms with van der Waals surface area (Å²) < 4.78 is 0. The fraction of sp³-hybridized carbons (Fsp3) is 0.100. The van der Waals surface area contributed by atoms with Gasteiger partial charge in [0.05, 0.1) is 0 Å². The van der Waals surface area contributed by atoms with Gasteiger partial charge in [-0.2, -0.15) is 10.5 Å². The SMILES string of the molecule is CC(=O)Nc1ccccc1.N#CC#N. The molecule has 0 aromatic heterocycles. The zero-order valence-corrected chi connectivity index (χ0v) is 7.69. The molecule has 0 radical (unpaired) electrons. The van der Waals surface area contributed by atoms with E-state index in [9.17, 15) is 4.79 Å². The van der Waals surface area contributed by atoms with Gasteiger partial charge in [-0.1, -0.05) is 18.2 Å². The van der Waals surface area contributed by atoms with Gasteiger partial charge in [0.15, 0.2) is 12.1 Å². The number of anilines is 1. The van der Waals surface area contributed by atoms with E-state index in [1.54, 1.807) is 0 Å². The molecule has 1 N–H and O–H groups in total. The molecule has 0 bridgehead atoms. The number of nitrogens with zero attached hydrogens (tertiary/aromatic N) is 2. The summed E-state index contributed by atoms with van der Waals surface area (Å²) in [6.07, 6.45) is 0. The first-order valence-corrected chi connectivity index (χ1v) is 3.81. The Labute approximate surface area is 82.4 Å². The number of carbonyl (C=O) groups is 1. The summed E-state index contributed by atoms with van der Waals surface area (Å²) in [7, 11) is 0. The second kappa shape index (κ2) is 7.33. The topological polar surface area (TPSA) is 76.7 Å². The molecule has 1 rings (SSSR count). The zero-order chi connectivity index (χ0) is 10.8. The van der Waals surface area contributed by atoms with Gasteiger partial charge >= 0.3 is 0 Å². The van der Waals surface area contributed by atoms with E-state index in [-0.39, 0.29) is 5.91 Å². The van der Waals surface area contributed by atoms with Gasteiger partial charge in [0.25, 0.3) is 0 Å². The molecular weight excluding hydrogens is 178 g/mol. The van der Waals surface area contributed by atoms with Crippen LogP contribution in [0.1, 0.15) is 6.92 Å². The molecule has 1 aromatic carbocycles. The highest BCUT2D eigenvalue weighted by Gasteiger charge is 1.90. The highest BCUT2D eigenvalue weighted by atomic mass is 16.1. The van der Waals surface area contributed by atoms with Crippen LogP contribution >= 0.6 is 0 Å². The van der Waals surface area contributed by atoms with Gasteiger partial charge in [0.2, 0.25) is 5.91 Å². The molecule has 0 spiro atoms. The minimum Gasteiger partial charge on any atom is -0.326 e. The van der Waals surface area contributed by atoms with E-state index in [0.29, 0.717) is 0 Å². The van der Waals surface area contributed by atoms with E-state index in [2.05, 4.69) is 5.32 Å². The number of nitrogens with one attached hydrogen (secondary N) is 1. The van der Waals surface area contributed by atoms with Crippen molar-refractivity contribution in [2.45, 2.75) is 6.92 Å². The third kappa shape index (κ3) is 6.38. The molecule has 0 fully saturated rings. The molecule has 70 valence electrons. The molecular formula is C10H9N3O. The second-order valence-electron chi connectivity index (χ2n) is 2.27. The Balaban J connectivity index is 0.000000364. The van der Waals surface area contributed by atoms with E-state index in [1.807, 2.05) is 30.3 Å². The molecule has 0 aliphatic carbocycles. The summed E-state index contributed by atoms with van der Waals surface area (Å²) in [6.45, 7) is 1.49. The summed E-state index contributed by atoms with van der Waals surface area (Å²) in [4.78, 5) is 10.5. The Kier molecular flexibility index (Phi) is 6.11. The van der Waals surface area contributed by atoms with Crippen molar-refractivity contribution < 1.29 is 4.79 Å². The van der Waals surface area contributed by atoms with Crippen LogP contribution in [0.4, 0.5) is 5.69 Å². The molecule has 0 heterocycles. The average Bonchev–Trinajstić information content (AvgIpc) is 2.19. The lowest BCUT2D eigenvalue weighted by molar-refractivity contribution is -0.114. The van der Waals surface area contributed by atoms with Crippen molar-refractivity contribution in [2.24, 2.45) is 0 Å². The lowest BCUT2D eigenvalue weighted by atomic mass is 10.3. The van der Waals surface area contributed by atoms with Gasteiger partial charge < -0.3 is 5.32 Å². The molecule has 0 aliphatic heterocycles. The predicted octanol–water partition coefficient (Wildman–Crippen LogP) is 1.68. The summed E-state index contributed by atoms with van der Waals surface area (Å²) in [5.41, 5.74) is 0.843. The number of nitriles is 2. The predicted molar refractivity (Wildman–Crippen MR) is 52.0 cm³/mol. The first-order valence-electron chi connectivity index (χ1n) is 3.81. The number of hydrogen-bond donors (Lipinski definition) is 1. The van der Waals surface area contributed by atoms with E-state index in [4.69, 9.17) is 10.5 Å². The first kappa shape index (κ1) is 11.7. The maximum Gasteiger partial charge on any atom is 0.221 e. The third-order valence-electron chi connectivity index (χ3n) is 1.14. The standard InChI is InChI=1S/C8H9NO.C2N2/c1-7(10)9-8-5-3-2-4-6-8;3-1-2-4/h2-6H,1H3,(H,9,10);. The Hall–Kier alpha value is -2.33. The van der Waals surface area contributed by atoms with E-state index in [1.165, 1.54) is 19.1 Å². The van der Waals surface area contributed by atoms with Crippen molar-refractivity contribution in [3.63, 3.8) is 0 Å². The maximum absolute atomic E-state index is 10.5. The van der Waals surface area contributed by atoms with E-state index >= 15 is 0 Å². The van der Waals surface area contributed by atoms with Gasteiger partial charge in [0, 0.05) is 12.6 Å². The molecule has 0 atom stereocenters.